The average Bonchev–Trinajstić information content (AvgIpc) is 2.66. The first-order valence-corrected chi connectivity index (χ1v) is 8.52. The molecule has 0 aromatic carbocycles. The van der Waals surface area contributed by atoms with Crippen LogP contribution in [0.15, 0.2) is 18.3 Å². The first-order valence-electron chi connectivity index (χ1n) is 8.52. The van der Waals surface area contributed by atoms with Crippen LogP contribution >= 0.6 is 0 Å². The molecule has 1 saturated heterocycles. The zero-order valence-electron chi connectivity index (χ0n) is 14.7. The van der Waals surface area contributed by atoms with Gasteiger partial charge in [0.05, 0.1) is 6.61 Å². The van der Waals surface area contributed by atoms with Gasteiger partial charge >= 0.3 is 6.09 Å². The van der Waals surface area contributed by atoms with E-state index in [1.54, 1.807) is 22.8 Å². The maximum Gasteiger partial charge on any atom is 0.409 e. The summed E-state index contributed by atoms with van der Waals surface area (Å²) in [5.41, 5.74) is 0.644. The summed E-state index contributed by atoms with van der Waals surface area (Å²) in [5, 5.41) is 2.77. The number of carbonyl (C=O) groups excluding carboxylic acids is 3. The highest BCUT2D eigenvalue weighted by Crippen LogP contribution is 2.10. The SMILES string of the molecule is CCCNC(=O)c1ccnc(C(=O)N2CCN(C(=O)OCC)CC2)c1. The van der Waals surface area contributed by atoms with Gasteiger partial charge in [-0.05, 0) is 25.5 Å². The van der Waals surface area contributed by atoms with Crippen LogP contribution in [0.2, 0.25) is 0 Å². The monoisotopic (exact) mass is 348 g/mol. The molecule has 2 rings (SSSR count). The number of nitrogens with zero attached hydrogens (tertiary/aromatic N) is 3. The third kappa shape index (κ3) is 4.91. The minimum absolute atomic E-state index is 0.217. The molecular formula is C17H24N4O4. The van der Waals surface area contributed by atoms with Gasteiger partial charge in [-0.3, -0.25) is 14.6 Å². The van der Waals surface area contributed by atoms with Gasteiger partial charge in [0.15, 0.2) is 0 Å². The fraction of sp³-hybridized carbons (Fsp3) is 0.529. The fourth-order valence-electron chi connectivity index (χ4n) is 2.50. The van der Waals surface area contributed by atoms with E-state index in [4.69, 9.17) is 4.74 Å². The number of nitrogens with one attached hydrogen (secondary N) is 1. The average molecular weight is 348 g/mol. The van der Waals surface area contributed by atoms with Crippen LogP contribution in [-0.4, -0.2) is 72.0 Å². The molecule has 0 aliphatic carbocycles. The fourth-order valence-corrected chi connectivity index (χ4v) is 2.50. The topological polar surface area (TPSA) is 91.8 Å². The number of pyridine rings is 1. The Balaban J connectivity index is 1.97. The van der Waals surface area contributed by atoms with Gasteiger partial charge in [-0.1, -0.05) is 6.92 Å². The molecule has 25 heavy (non-hydrogen) atoms. The second-order valence-corrected chi connectivity index (χ2v) is 5.66. The van der Waals surface area contributed by atoms with Crippen molar-refractivity contribution in [3.63, 3.8) is 0 Å². The maximum absolute atomic E-state index is 12.6. The lowest BCUT2D eigenvalue weighted by molar-refractivity contribution is 0.0566. The molecule has 1 aliphatic heterocycles. The van der Waals surface area contributed by atoms with Gasteiger partial charge in [-0.2, -0.15) is 0 Å². The van der Waals surface area contributed by atoms with Crippen molar-refractivity contribution in [1.29, 1.82) is 0 Å². The summed E-state index contributed by atoms with van der Waals surface area (Å²) in [4.78, 5) is 43.6. The zero-order valence-corrected chi connectivity index (χ0v) is 14.7. The molecule has 0 bridgehead atoms. The highest BCUT2D eigenvalue weighted by Gasteiger charge is 2.26. The van der Waals surface area contributed by atoms with Gasteiger partial charge in [0.2, 0.25) is 0 Å². The zero-order chi connectivity index (χ0) is 18.2. The van der Waals surface area contributed by atoms with E-state index in [0.29, 0.717) is 44.9 Å². The predicted octanol–water partition coefficient (Wildman–Crippen LogP) is 1.14. The molecule has 0 spiro atoms. The lowest BCUT2D eigenvalue weighted by atomic mass is 10.2. The van der Waals surface area contributed by atoms with Gasteiger partial charge in [-0.25, -0.2) is 4.79 Å². The van der Waals surface area contributed by atoms with Crippen molar-refractivity contribution in [1.82, 2.24) is 20.1 Å². The summed E-state index contributed by atoms with van der Waals surface area (Å²) >= 11 is 0. The van der Waals surface area contributed by atoms with Crippen LogP contribution in [0.3, 0.4) is 0 Å². The van der Waals surface area contributed by atoms with Gasteiger partial charge in [0.1, 0.15) is 5.69 Å². The number of aromatic nitrogens is 1. The van der Waals surface area contributed by atoms with Gasteiger partial charge in [0.25, 0.3) is 11.8 Å². The van der Waals surface area contributed by atoms with E-state index in [0.717, 1.165) is 6.42 Å². The van der Waals surface area contributed by atoms with E-state index in [1.807, 2.05) is 6.92 Å². The van der Waals surface area contributed by atoms with Crippen LogP contribution in [0, 0.1) is 0 Å². The molecule has 1 fully saturated rings. The summed E-state index contributed by atoms with van der Waals surface area (Å²) in [5.74, 6) is -0.459. The molecule has 0 unspecified atom stereocenters. The molecule has 136 valence electrons. The van der Waals surface area contributed by atoms with E-state index in [1.165, 1.54) is 12.3 Å². The van der Waals surface area contributed by atoms with E-state index >= 15 is 0 Å². The normalized spacial score (nSPS) is 14.2. The van der Waals surface area contributed by atoms with Crippen LogP contribution in [0.25, 0.3) is 0 Å². The predicted molar refractivity (Wildman–Crippen MR) is 91.4 cm³/mol. The summed E-state index contributed by atoms with van der Waals surface area (Å²) < 4.78 is 4.96. The van der Waals surface area contributed by atoms with Gasteiger partial charge in [-0.15, -0.1) is 0 Å². The molecule has 0 saturated carbocycles. The Morgan fingerprint density at radius 3 is 2.48 bits per heavy atom. The third-order valence-corrected chi connectivity index (χ3v) is 3.87. The number of amides is 3. The summed E-state index contributed by atoms with van der Waals surface area (Å²) in [7, 11) is 0. The Morgan fingerprint density at radius 2 is 1.84 bits per heavy atom. The van der Waals surface area contributed by atoms with E-state index < -0.39 is 0 Å². The van der Waals surface area contributed by atoms with Crippen LogP contribution in [0.5, 0.6) is 0 Å². The number of piperazine rings is 1. The maximum atomic E-state index is 12.6. The second kappa shape index (κ2) is 9.00. The number of hydrogen-bond acceptors (Lipinski definition) is 5. The van der Waals surface area contributed by atoms with Crippen molar-refractivity contribution >= 4 is 17.9 Å². The van der Waals surface area contributed by atoms with Crippen LogP contribution in [0.1, 0.15) is 41.1 Å². The molecule has 1 aliphatic rings. The highest BCUT2D eigenvalue weighted by molar-refractivity contribution is 5.98. The molecule has 1 aromatic rings. The van der Waals surface area contributed by atoms with Crippen molar-refractivity contribution in [2.45, 2.75) is 20.3 Å². The van der Waals surface area contributed by atoms with E-state index in [-0.39, 0.29) is 23.6 Å². The van der Waals surface area contributed by atoms with E-state index in [2.05, 4.69) is 10.3 Å². The quantitative estimate of drug-likeness (QED) is 0.861. The van der Waals surface area contributed by atoms with Crippen molar-refractivity contribution in [3.8, 4) is 0 Å². The Bertz CT molecular complexity index is 627. The Hall–Kier alpha value is -2.64. The first-order chi connectivity index (χ1) is 12.1. The molecule has 8 nitrogen and oxygen atoms in total. The molecule has 8 heteroatoms. The second-order valence-electron chi connectivity index (χ2n) is 5.66. The Kier molecular flexibility index (Phi) is 6.73. The lowest BCUT2D eigenvalue weighted by Gasteiger charge is -2.33. The largest absolute Gasteiger partial charge is 0.450 e. The lowest BCUT2D eigenvalue weighted by Crippen LogP contribution is -2.50. The number of hydrogen-bond donors (Lipinski definition) is 1. The van der Waals surface area contributed by atoms with Crippen LogP contribution in [0.4, 0.5) is 4.79 Å². The molecule has 2 heterocycles. The number of rotatable bonds is 5. The van der Waals surface area contributed by atoms with Gasteiger partial charge < -0.3 is 19.9 Å². The minimum atomic E-state index is -0.359. The Labute approximate surface area is 147 Å². The highest BCUT2D eigenvalue weighted by atomic mass is 16.6. The third-order valence-electron chi connectivity index (χ3n) is 3.87. The standard InChI is InChI=1S/C17H24N4O4/c1-3-6-19-15(22)13-5-7-18-14(12-13)16(23)20-8-10-21(11-9-20)17(24)25-4-2/h5,7,12H,3-4,6,8-11H2,1-2H3,(H,19,22). The molecule has 0 radical (unpaired) electrons. The van der Waals surface area contributed by atoms with Crippen LogP contribution < -0.4 is 5.32 Å². The summed E-state index contributed by atoms with van der Waals surface area (Å²) in [6, 6.07) is 3.09. The Morgan fingerprint density at radius 1 is 1.16 bits per heavy atom. The minimum Gasteiger partial charge on any atom is -0.450 e. The number of ether oxygens (including phenoxy) is 1. The van der Waals surface area contributed by atoms with Crippen molar-refractivity contribution in [2.24, 2.45) is 0 Å². The number of carbonyl (C=O) groups is 3. The molecule has 1 N–H and O–H groups in total. The summed E-state index contributed by atoms with van der Waals surface area (Å²) in [6.45, 7) is 6.29. The van der Waals surface area contributed by atoms with Crippen molar-refractivity contribution in [2.75, 3.05) is 39.3 Å². The molecule has 3 amide bonds. The van der Waals surface area contributed by atoms with Crippen molar-refractivity contribution in [3.05, 3.63) is 29.6 Å². The van der Waals surface area contributed by atoms with E-state index in [9.17, 15) is 14.4 Å². The smallest absolute Gasteiger partial charge is 0.409 e. The van der Waals surface area contributed by atoms with Crippen LogP contribution in [-0.2, 0) is 4.74 Å². The molecule has 0 atom stereocenters. The molecule has 1 aromatic heterocycles. The molecular weight excluding hydrogens is 324 g/mol. The first kappa shape index (κ1) is 18.7. The van der Waals surface area contributed by atoms with Gasteiger partial charge in [0, 0.05) is 44.5 Å². The van der Waals surface area contributed by atoms with Crippen molar-refractivity contribution < 1.29 is 19.1 Å². The summed E-state index contributed by atoms with van der Waals surface area (Å²) in [6.07, 6.45) is 1.94.